The number of hydrogen-bond acceptors (Lipinski definition) is 5. The standard InChI is InChI=1S/C17H28N4O3/c1-10(2)15-17(9-19(15)3)7-11(12(22)8-17)18-13-6-14(23)21(5)16(24)20(13)4/h6,10-12,15,18,22H,7-9H2,1-5H3/t11-,12-,15?,17?/m1/s1. The highest BCUT2D eigenvalue weighted by molar-refractivity contribution is 5.37. The lowest BCUT2D eigenvalue weighted by atomic mass is 9.66. The zero-order valence-corrected chi connectivity index (χ0v) is 15.1. The summed E-state index contributed by atoms with van der Waals surface area (Å²) in [6.07, 6.45) is 1.14. The molecule has 2 fully saturated rings. The quantitative estimate of drug-likeness (QED) is 0.811. The van der Waals surface area contributed by atoms with E-state index in [9.17, 15) is 14.7 Å². The summed E-state index contributed by atoms with van der Waals surface area (Å²) in [7, 11) is 5.23. The number of aliphatic hydroxyl groups is 1. The summed E-state index contributed by atoms with van der Waals surface area (Å²) < 4.78 is 2.50. The Balaban J connectivity index is 1.83. The van der Waals surface area contributed by atoms with Gasteiger partial charge in [-0.3, -0.25) is 13.9 Å². The molecule has 1 aliphatic heterocycles. The van der Waals surface area contributed by atoms with Crippen LogP contribution >= 0.6 is 0 Å². The van der Waals surface area contributed by atoms with Crippen LogP contribution in [0, 0.1) is 11.3 Å². The molecule has 0 radical (unpaired) electrons. The molecule has 2 N–H and O–H groups in total. The van der Waals surface area contributed by atoms with Gasteiger partial charge in [-0.05, 0) is 25.8 Å². The Morgan fingerprint density at radius 3 is 2.46 bits per heavy atom. The predicted octanol–water partition coefficient (Wildman–Crippen LogP) is -0.0244. The molecule has 2 heterocycles. The van der Waals surface area contributed by atoms with Crippen molar-refractivity contribution in [3.05, 3.63) is 26.9 Å². The molecular weight excluding hydrogens is 308 g/mol. The lowest BCUT2D eigenvalue weighted by Gasteiger charge is -2.57. The van der Waals surface area contributed by atoms with Crippen molar-refractivity contribution >= 4 is 5.82 Å². The summed E-state index contributed by atoms with van der Waals surface area (Å²) in [6.45, 7) is 5.43. The van der Waals surface area contributed by atoms with Crippen LogP contribution in [0.2, 0.25) is 0 Å². The van der Waals surface area contributed by atoms with Crippen LogP contribution in [0.3, 0.4) is 0 Å². The van der Waals surface area contributed by atoms with Crippen LogP contribution in [0.4, 0.5) is 5.82 Å². The van der Waals surface area contributed by atoms with Crippen LogP contribution in [-0.4, -0.2) is 50.9 Å². The Morgan fingerprint density at radius 2 is 1.88 bits per heavy atom. The number of aromatic nitrogens is 2. The molecular formula is C17H28N4O3. The van der Waals surface area contributed by atoms with E-state index < -0.39 is 6.10 Å². The topological polar surface area (TPSA) is 79.5 Å². The first-order chi connectivity index (χ1) is 11.2. The number of hydrogen-bond donors (Lipinski definition) is 2. The average molecular weight is 336 g/mol. The first kappa shape index (κ1) is 17.2. The van der Waals surface area contributed by atoms with E-state index in [1.807, 2.05) is 0 Å². The smallest absolute Gasteiger partial charge is 0.332 e. The van der Waals surface area contributed by atoms with E-state index in [1.54, 1.807) is 7.05 Å². The molecule has 1 spiro atoms. The lowest BCUT2D eigenvalue weighted by molar-refractivity contribution is -0.0825. The van der Waals surface area contributed by atoms with E-state index in [2.05, 4.69) is 31.1 Å². The molecule has 3 rings (SSSR count). The molecule has 2 unspecified atom stereocenters. The molecule has 24 heavy (non-hydrogen) atoms. The highest BCUT2D eigenvalue weighted by Crippen LogP contribution is 2.52. The van der Waals surface area contributed by atoms with Crippen molar-refractivity contribution < 1.29 is 5.11 Å². The molecule has 2 aliphatic rings. The van der Waals surface area contributed by atoms with Crippen LogP contribution < -0.4 is 16.6 Å². The number of nitrogens with one attached hydrogen (secondary N) is 1. The minimum absolute atomic E-state index is 0.124. The second-order valence-electron chi connectivity index (χ2n) is 7.96. The van der Waals surface area contributed by atoms with Gasteiger partial charge in [0.1, 0.15) is 5.82 Å². The van der Waals surface area contributed by atoms with Crippen molar-refractivity contribution in [1.82, 2.24) is 14.0 Å². The van der Waals surface area contributed by atoms with Crippen LogP contribution in [0.1, 0.15) is 26.7 Å². The van der Waals surface area contributed by atoms with Crippen LogP contribution in [0.25, 0.3) is 0 Å². The van der Waals surface area contributed by atoms with Gasteiger partial charge in [0.15, 0.2) is 0 Å². The lowest BCUT2D eigenvalue weighted by Crippen LogP contribution is -2.64. The maximum absolute atomic E-state index is 12.1. The molecule has 7 heteroatoms. The van der Waals surface area contributed by atoms with Crippen molar-refractivity contribution in [2.45, 2.75) is 44.9 Å². The van der Waals surface area contributed by atoms with Crippen molar-refractivity contribution in [1.29, 1.82) is 0 Å². The minimum atomic E-state index is -0.473. The molecule has 0 bridgehead atoms. The summed E-state index contributed by atoms with van der Waals surface area (Å²) in [5, 5.41) is 13.8. The van der Waals surface area contributed by atoms with Gasteiger partial charge in [0.2, 0.25) is 0 Å². The number of rotatable bonds is 3. The zero-order chi connectivity index (χ0) is 17.8. The van der Waals surface area contributed by atoms with Crippen molar-refractivity contribution in [3.8, 4) is 0 Å². The second kappa shape index (κ2) is 5.74. The van der Waals surface area contributed by atoms with Crippen LogP contribution in [0.15, 0.2) is 15.7 Å². The van der Waals surface area contributed by atoms with E-state index in [1.165, 1.54) is 17.7 Å². The van der Waals surface area contributed by atoms with Gasteiger partial charge in [-0.15, -0.1) is 0 Å². The fourth-order valence-electron chi connectivity index (χ4n) is 5.06. The molecule has 1 aromatic heterocycles. The third-order valence-corrected chi connectivity index (χ3v) is 5.86. The third-order valence-electron chi connectivity index (χ3n) is 5.86. The normalized spacial score (nSPS) is 33.2. The van der Waals surface area contributed by atoms with Gasteiger partial charge in [0.25, 0.3) is 5.56 Å². The molecule has 1 saturated carbocycles. The highest BCUT2D eigenvalue weighted by Gasteiger charge is 2.58. The molecule has 1 aliphatic carbocycles. The third kappa shape index (κ3) is 2.50. The number of anilines is 1. The van der Waals surface area contributed by atoms with Gasteiger partial charge in [-0.25, -0.2) is 4.79 Å². The summed E-state index contributed by atoms with van der Waals surface area (Å²) in [5.41, 5.74) is -0.583. The van der Waals surface area contributed by atoms with Crippen LogP contribution in [-0.2, 0) is 14.1 Å². The summed E-state index contributed by atoms with van der Waals surface area (Å²) in [6, 6.07) is 1.75. The average Bonchev–Trinajstić information content (AvgIpc) is 2.79. The molecule has 4 atom stereocenters. The highest BCUT2D eigenvalue weighted by atomic mass is 16.3. The maximum atomic E-state index is 12.1. The van der Waals surface area contributed by atoms with Crippen molar-refractivity contribution in [2.75, 3.05) is 18.9 Å². The van der Waals surface area contributed by atoms with Crippen molar-refractivity contribution in [3.63, 3.8) is 0 Å². The van der Waals surface area contributed by atoms with Gasteiger partial charge in [-0.2, -0.15) is 0 Å². The monoisotopic (exact) mass is 336 g/mol. The second-order valence-corrected chi connectivity index (χ2v) is 7.96. The summed E-state index contributed by atoms with van der Waals surface area (Å²) in [4.78, 5) is 26.3. The summed E-state index contributed by atoms with van der Waals surface area (Å²) in [5.74, 6) is 1.00. The molecule has 7 nitrogen and oxygen atoms in total. The maximum Gasteiger partial charge on any atom is 0.332 e. The van der Waals surface area contributed by atoms with E-state index in [-0.39, 0.29) is 22.7 Å². The molecule has 0 aromatic carbocycles. The minimum Gasteiger partial charge on any atom is -0.391 e. The Hall–Kier alpha value is -1.60. The van der Waals surface area contributed by atoms with Crippen molar-refractivity contribution in [2.24, 2.45) is 25.4 Å². The first-order valence-electron chi connectivity index (χ1n) is 8.58. The van der Waals surface area contributed by atoms with Gasteiger partial charge in [0.05, 0.1) is 12.1 Å². The first-order valence-corrected chi connectivity index (χ1v) is 8.58. The van der Waals surface area contributed by atoms with Gasteiger partial charge < -0.3 is 15.3 Å². The fraction of sp³-hybridized carbons (Fsp3) is 0.765. The van der Waals surface area contributed by atoms with Gasteiger partial charge in [0, 0.05) is 38.2 Å². The zero-order valence-electron chi connectivity index (χ0n) is 15.1. The summed E-state index contributed by atoms with van der Waals surface area (Å²) >= 11 is 0. The Morgan fingerprint density at radius 1 is 1.21 bits per heavy atom. The molecule has 1 aromatic rings. The molecule has 1 saturated heterocycles. The fourth-order valence-corrected chi connectivity index (χ4v) is 5.06. The van der Waals surface area contributed by atoms with Gasteiger partial charge in [-0.1, -0.05) is 13.8 Å². The SMILES string of the molecule is CC(C)C1N(C)CC12C[C@@H](O)[C@H](Nc1cc(=O)n(C)c(=O)n1C)C2. The number of aliphatic hydroxyl groups excluding tert-OH is 1. The largest absolute Gasteiger partial charge is 0.391 e. The predicted molar refractivity (Wildman–Crippen MR) is 93.3 cm³/mol. The van der Waals surface area contributed by atoms with Crippen LogP contribution in [0.5, 0.6) is 0 Å². The Labute approximate surface area is 141 Å². The number of nitrogens with zero attached hydrogens (tertiary/aromatic N) is 3. The molecule has 134 valence electrons. The van der Waals surface area contributed by atoms with Gasteiger partial charge >= 0.3 is 5.69 Å². The van der Waals surface area contributed by atoms with E-state index >= 15 is 0 Å². The Bertz CT molecular complexity index is 748. The van der Waals surface area contributed by atoms with E-state index in [0.717, 1.165) is 24.0 Å². The molecule has 0 amide bonds. The van der Waals surface area contributed by atoms with E-state index in [0.29, 0.717) is 17.8 Å². The van der Waals surface area contributed by atoms with E-state index in [4.69, 9.17) is 0 Å². The Kier molecular flexibility index (Phi) is 4.12. The number of likely N-dealkylation sites (tertiary alicyclic amines) is 1.